The Hall–Kier alpha value is 0.310. The van der Waals surface area contributed by atoms with Gasteiger partial charge in [0.05, 0.1) is 5.37 Å². The molecule has 1 atom stereocenters. The number of rotatable bonds is 3. The lowest BCUT2D eigenvalue weighted by molar-refractivity contribution is 0.367. The minimum atomic E-state index is 0.333. The van der Waals surface area contributed by atoms with Crippen LogP contribution in [-0.4, -0.2) is 24.4 Å². The Balaban J connectivity index is 3.17. The van der Waals surface area contributed by atoms with Crippen LogP contribution in [0, 0.1) is 0 Å². The van der Waals surface area contributed by atoms with E-state index in [1.165, 1.54) is 6.42 Å². The van der Waals surface area contributed by atoms with Gasteiger partial charge < -0.3 is 0 Å². The maximum atomic E-state index is 5.09. The molecule has 0 saturated heterocycles. The first-order chi connectivity index (χ1) is 3.68. The second-order valence-corrected chi connectivity index (χ2v) is 2.75. The molecule has 0 aliphatic carbocycles. The molecule has 0 amide bonds. The zero-order valence-electron chi connectivity index (χ0n) is 5.85. The Morgan fingerprint density at radius 1 is 1.50 bits per heavy atom. The smallest absolute Gasteiger partial charge is 0.0657 e. The average molecular weight is 132 g/mol. The van der Waals surface area contributed by atoms with E-state index in [4.69, 9.17) is 12.6 Å². The van der Waals surface area contributed by atoms with Crippen LogP contribution in [0.5, 0.6) is 0 Å². The molecule has 0 aliphatic rings. The average Bonchev–Trinajstić information content (AvgIpc) is 1.67. The number of nitrogens with zero attached hydrogens (tertiary/aromatic N) is 1. The zero-order valence-corrected chi connectivity index (χ0v) is 6.66. The molecule has 0 saturated carbocycles. The highest BCUT2D eigenvalue weighted by Crippen LogP contribution is 2.05. The van der Waals surface area contributed by atoms with Gasteiger partial charge in [0.1, 0.15) is 0 Å². The second-order valence-electron chi connectivity index (χ2n) is 2.21. The first-order valence-corrected chi connectivity index (χ1v) is 3.48. The molecular formula is C6H14NS. The summed E-state index contributed by atoms with van der Waals surface area (Å²) in [5.74, 6) is 0. The first kappa shape index (κ1) is 8.31. The quantitative estimate of drug-likeness (QED) is 0.566. The van der Waals surface area contributed by atoms with Gasteiger partial charge in [0.25, 0.3) is 0 Å². The molecule has 1 unspecified atom stereocenters. The van der Waals surface area contributed by atoms with Gasteiger partial charge >= 0.3 is 0 Å². The third-order valence-corrected chi connectivity index (χ3v) is 1.77. The topological polar surface area (TPSA) is 3.24 Å². The largest absolute Gasteiger partial charge is 0.297 e. The van der Waals surface area contributed by atoms with Gasteiger partial charge in [-0.25, -0.2) is 0 Å². The lowest BCUT2D eigenvalue weighted by Crippen LogP contribution is -2.21. The molecule has 1 nitrogen and oxygen atoms in total. The normalized spacial score (nSPS) is 14.6. The van der Waals surface area contributed by atoms with Crippen LogP contribution in [0.15, 0.2) is 0 Å². The molecule has 0 N–H and O–H groups in total. The molecule has 0 aliphatic heterocycles. The molecule has 49 valence electrons. The van der Waals surface area contributed by atoms with Crippen LogP contribution in [0.1, 0.15) is 19.8 Å². The molecule has 0 aromatic carbocycles. The van der Waals surface area contributed by atoms with E-state index in [0.29, 0.717) is 5.37 Å². The molecule has 0 fully saturated rings. The van der Waals surface area contributed by atoms with Gasteiger partial charge in [-0.3, -0.25) is 4.90 Å². The first-order valence-electron chi connectivity index (χ1n) is 3.00. The molecular weight excluding hydrogens is 118 g/mol. The van der Waals surface area contributed by atoms with E-state index >= 15 is 0 Å². The van der Waals surface area contributed by atoms with E-state index in [1.807, 2.05) is 14.1 Å². The van der Waals surface area contributed by atoms with E-state index in [9.17, 15) is 0 Å². The minimum absolute atomic E-state index is 0.333. The van der Waals surface area contributed by atoms with E-state index in [-0.39, 0.29) is 0 Å². The maximum Gasteiger partial charge on any atom is 0.0657 e. The molecule has 0 spiro atoms. The summed E-state index contributed by atoms with van der Waals surface area (Å²) in [4.78, 5) is 2.07. The van der Waals surface area contributed by atoms with Crippen molar-refractivity contribution in [2.24, 2.45) is 0 Å². The van der Waals surface area contributed by atoms with Crippen molar-refractivity contribution < 1.29 is 0 Å². The highest BCUT2D eigenvalue weighted by Gasteiger charge is 2.02. The van der Waals surface area contributed by atoms with Gasteiger partial charge in [-0.1, -0.05) is 26.0 Å². The van der Waals surface area contributed by atoms with Crippen LogP contribution in [0.3, 0.4) is 0 Å². The molecule has 0 bridgehead atoms. The van der Waals surface area contributed by atoms with Crippen molar-refractivity contribution in [3.8, 4) is 0 Å². The molecule has 0 rings (SSSR count). The molecule has 0 aromatic rings. The van der Waals surface area contributed by atoms with Gasteiger partial charge in [0.2, 0.25) is 0 Å². The monoisotopic (exact) mass is 132 g/mol. The summed E-state index contributed by atoms with van der Waals surface area (Å²) in [6, 6.07) is 0. The van der Waals surface area contributed by atoms with E-state index in [1.54, 1.807) is 0 Å². The summed E-state index contributed by atoms with van der Waals surface area (Å²) in [5, 5.41) is 0.333. The van der Waals surface area contributed by atoms with Gasteiger partial charge in [-0.05, 0) is 20.5 Å². The van der Waals surface area contributed by atoms with Gasteiger partial charge in [0.15, 0.2) is 0 Å². The summed E-state index contributed by atoms with van der Waals surface area (Å²) in [6.45, 7) is 2.16. The zero-order chi connectivity index (χ0) is 6.57. The predicted octanol–water partition coefficient (Wildman–Crippen LogP) is 1.87. The van der Waals surface area contributed by atoms with Crippen LogP contribution in [-0.2, 0) is 0 Å². The fraction of sp³-hybridized carbons (Fsp3) is 1.00. The predicted molar refractivity (Wildman–Crippen MR) is 40.0 cm³/mol. The van der Waals surface area contributed by atoms with Crippen molar-refractivity contribution in [1.29, 1.82) is 0 Å². The highest BCUT2D eigenvalue weighted by atomic mass is 32.1. The third-order valence-electron chi connectivity index (χ3n) is 1.11. The molecule has 0 aromatic heterocycles. The summed E-state index contributed by atoms with van der Waals surface area (Å²) < 4.78 is 0. The summed E-state index contributed by atoms with van der Waals surface area (Å²) in [5.41, 5.74) is 0. The Bertz CT molecular complexity index is 54.5. The fourth-order valence-corrected chi connectivity index (χ4v) is 0.741. The highest BCUT2D eigenvalue weighted by molar-refractivity contribution is 7.80. The van der Waals surface area contributed by atoms with Crippen molar-refractivity contribution in [2.45, 2.75) is 25.1 Å². The molecule has 1 radical (unpaired) electrons. The number of hydrogen-bond donors (Lipinski definition) is 0. The van der Waals surface area contributed by atoms with Crippen LogP contribution < -0.4 is 0 Å². The minimum Gasteiger partial charge on any atom is -0.297 e. The van der Waals surface area contributed by atoms with Crippen molar-refractivity contribution in [3.63, 3.8) is 0 Å². The Morgan fingerprint density at radius 3 is 2.12 bits per heavy atom. The summed E-state index contributed by atoms with van der Waals surface area (Å²) in [7, 11) is 4.04. The van der Waals surface area contributed by atoms with Crippen molar-refractivity contribution in [2.75, 3.05) is 14.1 Å². The van der Waals surface area contributed by atoms with Crippen molar-refractivity contribution in [3.05, 3.63) is 0 Å². The van der Waals surface area contributed by atoms with Crippen molar-refractivity contribution >= 4 is 12.6 Å². The second kappa shape index (κ2) is 4.21. The molecule has 2 heteroatoms. The lowest BCUT2D eigenvalue weighted by Gasteiger charge is -2.15. The molecule has 0 heterocycles. The lowest BCUT2D eigenvalue weighted by atomic mass is 10.3. The summed E-state index contributed by atoms with van der Waals surface area (Å²) in [6.07, 6.45) is 2.31. The van der Waals surface area contributed by atoms with E-state index < -0.39 is 0 Å². The standard InChI is InChI=1S/C6H14NS/c1-4-5-6(8)7(2)3/h6H,4-5H2,1-3H3. The van der Waals surface area contributed by atoms with Crippen molar-refractivity contribution in [1.82, 2.24) is 4.90 Å². The Kier molecular flexibility index (Phi) is 4.38. The van der Waals surface area contributed by atoms with E-state index in [0.717, 1.165) is 6.42 Å². The van der Waals surface area contributed by atoms with E-state index in [2.05, 4.69) is 11.8 Å². The van der Waals surface area contributed by atoms with Crippen LogP contribution >= 0.6 is 12.6 Å². The maximum absolute atomic E-state index is 5.09. The molecule has 8 heavy (non-hydrogen) atoms. The van der Waals surface area contributed by atoms with Gasteiger partial charge in [0, 0.05) is 0 Å². The SMILES string of the molecule is CCCC([S])N(C)C. The third kappa shape index (κ3) is 3.33. The van der Waals surface area contributed by atoms with Crippen LogP contribution in [0.4, 0.5) is 0 Å². The number of hydrogen-bond acceptors (Lipinski definition) is 1. The van der Waals surface area contributed by atoms with Gasteiger partial charge in [-0.15, -0.1) is 0 Å². The Labute approximate surface area is 57.5 Å². The summed E-state index contributed by atoms with van der Waals surface area (Å²) >= 11 is 5.09. The fourth-order valence-electron chi connectivity index (χ4n) is 0.505. The Morgan fingerprint density at radius 2 is 2.00 bits per heavy atom. The van der Waals surface area contributed by atoms with Crippen LogP contribution in [0.25, 0.3) is 0 Å². The van der Waals surface area contributed by atoms with Crippen LogP contribution in [0.2, 0.25) is 0 Å². The van der Waals surface area contributed by atoms with Gasteiger partial charge in [-0.2, -0.15) is 0 Å².